The van der Waals surface area contributed by atoms with Crippen molar-refractivity contribution in [2.45, 2.75) is 31.7 Å². The number of amides is 1. The van der Waals surface area contributed by atoms with Crippen LogP contribution in [-0.4, -0.2) is 53.5 Å². The Morgan fingerprint density at radius 2 is 1.73 bits per heavy atom. The normalized spacial score (nSPS) is 18.2. The van der Waals surface area contributed by atoms with E-state index in [0.29, 0.717) is 6.04 Å². The largest absolute Gasteiger partial charge is 0.367 e. The molecule has 2 aliphatic rings. The maximum Gasteiger partial charge on any atom is 0.209 e. The van der Waals surface area contributed by atoms with Gasteiger partial charge in [0, 0.05) is 43.9 Å². The minimum atomic E-state index is 0.508. The van der Waals surface area contributed by atoms with E-state index in [-0.39, 0.29) is 0 Å². The zero-order chi connectivity index (χ0) is 17.8. The summed E-state index contributed by atoms with van der Waals surface area (Å²) in [6, 6.07) is 12.7. The summed E-state index contributed by atoms with van der Waals surface area (Å²) in [5.41, 5.74) is 1.02. The number of carbonyl (C=O) groups excluding carboxylic acids is 1. The van der Waals surface area contributed by atoms with E-state index in [4.69, 9.17) is 9.97 Å². The van der Waals surface area contributed by atoms with Crippen LogP contribution in [0.4, 0.5) is 11.6 Å². The highest BCUT2D eigenvalue weighted by Crippen LogP contribution is 2.26. The number of nitrogens with one attached hydrogen (secondary N) is 1. The van der Waals surface area contributed by atoms with E-state index >= 15 is 0 Å². The third kappa shape index (κ3) is 3.79. The van der Waals surface area contributed by atoms with Gasteiger partial charge in [-0.25, -0.2) is 9.97 Å². The molecule has 2 heterocycles. The SMILES string of the molecule is O=CN1CCN(c2cc(NC3CCCC3)nc(-c3ccccc3)n2)CC1. The van der Waals surface area contributed by atoms with E-state index in [2.05, 4.69) is 16.3 Å². The molecule has 0 atom stereocenters. The first-order valence-electron chi connectivity index (χ1n) is 9.47. The van der Waals surface area contributed by atoms with Crippen LogP contribution in [0.3, 0.4) is 0 Å². The second kappa shape index (κ2) is 7.72. The molecule has 1 saturated carbocycles. The summed E-state index contributed by atoms with van der Waals surface area (Å²) >= 11 is 0. The summed E-state index contributed by atoms with van der Waals surface area (Å²) in [4.78, 5) is 24.6. The van der Waals surface area contributed by atoms with Crippen molar-refractivity contribution in [2.24, 2.45) is 0 Å². The minimum absolute atomic E-state index is 0.508. The zero-order valence-corrected chi connectivity index (χ0v) is 15.0. The summed E-state index contributed by atoms with van der Waals surface area (Å²) in [6.07, 6.45) is 5.92. The Balaban J connectivity index is 1.62. The van der Waals surface area contributed by atoms with Crippen molar-refractivity contribution in [3.05, 3.63) is 36.4 Å². The molecule has 26 heavy (non-hydrogen) atoms. The van der Waals surface area contributed by atoms with Gasteiger partial charge in [0.15, 0.2) is 5.82 Å². The molecular weight excluding hydrogens is 326 g/mol. The number of hydrogen-bond acceptors (Lipinski definition) is 5. The second-order valence-corrected chi connectivity index (χ2v) is 7.06. The zero-order valence-electron chi connectivity index (χ0n) is 15.0. The average Bonchev–Trinajstić information content (AvgIpc) is 3.21. The number of piperazine rings is 1. The predicted molar refractivity (Wildman–Crippen MR) is 103 cm³/mol. The molecule has 2 fully saturated rings. The fourth-order valence-corrected chi connectivity index (χ4v) is 3.72. The molecule has 136 valence electrons. The number of aromatic nitrogens is 2. The lowest BCUT2D eigenvalue weighted by Gasteiger charge is -2.33. The number of benzene rings is 1. The average molecular weight is 351 g/mol. The summed E-state index contributed by atoms with van der Waals surface area (Å²) < 4.78 is 0. The first kappa shape index (κ1) is 16.8. The third-order valence-electron chi connectivity index (χ3n) is 5.24. The van der Waals surface area contributed by atoms with Crippen LogP contribution in [0.5, 0.6) is 0 Å². The Morgan fingerprint density at radius 3 is 2.42 bits per heavy atom. The van der Waals surface area contributed by atoms with E-state index in [0.717, 1.165) is 55.6 Å². The molecule has 1 amide bonds. The van der Waals surface area contributed by atoms with Crippen LogP contribution >= 0.6 is 0 Å². The first-order valence-corrected chi connectivity index (χ1v) is 9.47. The van der Waals surface area contributed by atoms with Gasteiger partial charge in [0.2, 0.25) is 6.41 Å². The van der Waals surface area contributed by atoms with Gasteiger partial charge < -0.3 is 15.1 Å². The maximum absolute atomic E-state index is 11.0. The molecule has 0 bridgehead atoms. The molecule has 1 aliphatic carbocycles. The molecule has 0 spiro atoms. The van der Waals surface area contributed by atoms with Gasteiger partial charge >= 0.3 is 0 Å². The van der Waals surface area contributed by atoms with Gasteiger partial charge in [0.1, 0.15) is 11.6 Å². The smallest absolute Gasteiger partial charge is 0.209 e. The molecule has 6 nitrogen and oxygen atoms in total. The van der Waals surface area contributed by atoms with Crippen LogP contribution in [0.25, 0.3) is 11.4 Å². The topological polar surface area (TPSA) is 61.4 Å². The lowest BCUT2D eigenvalue weighted by Crippen LogP contribution is -2.46. The second-order valence-electron chi connectivity index (χ2n) is 7.06. The van der Waals surface area contributed by atoms with E-state index < -0.39 is 0 Å². The van der Waals surface area contributed by atoms with Crippen molar-refractivity contribution in [2.75, 3.05) is 36.4 Å². The summed E-state index contributed by atoms with van der Waals surface area (Å²) in [7, 11) is 0. The van der Waals surface area contributed by atoms with Crippen molar-refractivity contribution in [3.63, 3.8) is 0 Å². The van der Waals surface area contributed by atoms with Gasteiger partial charge in [-0.15, -0.1) is 0 Å². The highest BCUT2D eigenvalue weighted by atomic mass is 16.1. The predicted octanol–water partition coefficient (Wildman–Crippen LogP) is 2.78. The van der Waals surface area contributed by atoms with Crippen molar-refractivity contribution in [1.82, 2.24) is 14.9 Å². The molecule has 2 aromatic rings. The molecule has 1 aliphatic heterocycles. The van der Waals surface area contributed by atoms with Crippen LogP contribution < -0.4 is 10.2 Å². The Labute approximate surface area is 154 Å². The van der Waals surface area contributed by atoms with Crippen LogP contribution in [-0.2, 0) is 4.79 Å². The summed E-state index contributed by atoms with van der Waals surface area (Å²) in [5.74, 6) is 2.59. The van der Waals surface area contributed by atoms with Gasteiger partial charge in [-0.1, -0.05) is 43.2 Å². The Hall–Kier alpha value is -2.63. The number of hydrogen-bond donors (Lipinski definition) is 1. The van der Waals surface area contributed by atoms with Gasteiger partial charge in [-0.3, -0.25) is 4.79 Å². The number of nitrogens with zero attached hydrogens (tertiary/aromatic N) is 4. The summed E-state index contributed by atoms with van der Waals surface area (Å²) in [5, 5.41) is 3.61. The number of rotatable bonds is 5. The number of carbonyl (C=O) groups is 1. The Bertz CT molecular complexity index is 737. The van der Waals surface area contributed by atoms with Crippen molar-refractivity contribution >= 4 is 18.0 Å². The van der Waals surface area contributed by atoms with E-state index in [1.807, 2.05) is 35.2 Å². The monoisotopic (exact) mass is 351 g/mol. The van der Waals surface area contributed by atoms with E-state index in [1.54, 1.807) is 0 Å². The van der Waals surface area contributed by atoms with E-state index in [9.17, 15) is 4.79 Å². The van der Waals surface area contributed by atoms with Crippen LogP contribution in [0, 0.1) is 0 Å². The van der Waals surface area contributed by atoms with Crippen LogP contribution in [0.2, 0.25) is 0 Å². The van der Waals surface area contributed by atoms with Crippen molar-refractivity contribution in [1.29, 1.82) is 0 Å². The molecule has 4 rings (SSSR count). The minimum Gasteiger partial charge on any atom is -0.367 e. The van der Waals surface area contributed by atoms with E-state index in [1.165, 1.54) is 25.7 Å². The third-order valence-corrected chi connectivity index (χ3v) is 5.24. The number of anilines is 2. The quantitative estimate of drug-likeness (QED) is 0.840. The molecule has 1 aromatic carbocycles. The molecule has 1 N–H and O–H groups in total. The highest BCUT2D eigenvalue weighted by molar-refractivity contribution is 5.62. The Kier molecular flexibility index (Phi) is 5.00. The fourth-order valence-electron chi connectivity index (χ4n) is 3.72. The molecule has 1 saturated heterocycles. The first-order chi connectivity index (χ1) is 12.8. The van der Waals surface area contributed by atoms with Crippen LogP contribution in [0.1, 0.15) is 25.7 Å². The maximum atomic E-state index is 11.0. The lowest BCUT2D eigenvalue weighted by molar-refractivity contribution is -0.118. The molecule has 0 unspecified atom stereocenters. The van der Waals surface area contributed by atoms with Gasteiger partial charge in [-0.05, 0) is 12.8 Å². The van der Waals surface area contributed by atoms with Gasteiger partial charge in [0.05, 0.1) is 0 Å². The molecule has 6 heteroatoms. The fraction of sp³-hybridized carbons (Fsp3) is 0.450. The van der Waals surface area contributed by atoms with Gasteiger partial charge in [0.25, 0.3) is 0 Å². The Morgan fingerprint density at radius 1 is 1.00 bits per heavy atom. The standard InChI is InChI=1S/C20H25N5O/c26-15-24-10-12-25(13-11-24)19-14-18(21-17-8-4-5-9-17)22-20(23-19)16-6-2-1-3-7-16/h1-3,6-7,14-15,17H,4-5,8-13H2,(H,21,22,23). The van der Waals surface area contributed by atoms with Crippen molar-refractivity contribution in [3.8, 4) is 11.4 Å². The molecule has 0 radical (unpaired) electrons. The molecule has 1 aromatic heterocycles. The lowest BCUT2D eigenvalue weighted by atomic mass is 10.2. The van der Waals surface area contributed by atoms with Gasteiger partial charge in [-0.2, -0.15) is 0 Å². The highest BCUT2D eigenvalue weighted by Gasteiger charge is 2.20. The summed E-state index contributed by atoms with van der Waals surface area (Å²) in [6.45, 7) is 3.07. The molecular formula is C20H25N5O. The van der Waals surface area contributed by atoms with Crippen LogP contribution in [0.15, 0.2) is 36.4 Å². The van der Waals surface area contributed by atoms with Crippen molar-refractivity contribution < 1.29 is 4.79 Å².